The monoisotopic (exact) mass is 280 g/mol. The van der Waals surface area contributed by atoms with Gasteiger partial charge in [0.25, 0.3) is 0 Å². The van der Waals surface area contributed by atoms with Gasteiger partial charge in [-0.3, -0.25) is 0 Å². The lowest BCUT2D eigenvalue weighted by molar-refractivity contribution is 0.233. The van der Waals surface area contributed by atoms with Gasteiger partial charge < -0.3 is 13.3 Å². The molecule has 0 unspecified atom stereocenters. The topological polar surface area (TPSA) is 27.7 Å². The zero-order valence-corrected chi connectivity index (χ0v) is 11.6. The maximum absolute atomic E-state index is 6.26. The highest BCUT2D eigenvalue weighted by atomic mass is 35.6. The second kappa shape index (κ2) is 5.91. The molecule has 0 aliphatic carbocycles. The fraction of sp³-hybridized carbons (Fsp3) is 0.0769. The van der Waals surface area contributed by atoms with Gasteiger partial charge in [0.1, 0.15) is 11.5 Å². The molecule has 0 atom stereocenters. The second-order valence-electron chi connectivity index (χ2n) is 3.52. The van der Waals surface area contributed by atoms with Gasteiger partial charge in [0.15, 0.2) is 0 Å². The zero-order valence-electron chi connectivity index (χ0n) is 9.88. The molecule has 2 rings (SSSR count). The van der Waals surface area contributed by atoms with Gasteiger partial charge in [-0.25, -0.2) is 0 Å². The highest BCUT2D eigenvalue weighted by Gasteiger charge is 2.44. The highest BCUT2D eigenvalue weighted by molar-refractivity contribution is 7.09. The molecule has 0 aliphatic rings. The third kappa shape index (κ3) is 3.50. The van der Waals surface area contributed by atoms with Crippen LogP contribution in [0.4, 0.5) is 0 Å². The normalized spacial score (nSPS) is 11.0. The smallest absolute Gasteiger partial charge is 0.481 e. The minimum Gasteiger partial charge on any atom is -0.481 e. The van der Waals surface area contributed by atoms with Crippen LogP contribution in [0.1, 0.15) is 0 Å². The van der Waals surface area contributed by atoms with Crippen LogP contribution in [0.3, 0.4) is 0 Å². The molecule has 18 heavy (non-hydrogen) atoms. The Morgan fingerprint density at radius 3 is 1.50 bits per heavy atom. The Balaban J connectivity index is 2.11. The predicted octanol–water partition coefficient (Wildman–Crippen LogP) is 3.47. The first-order chi connectivity index (χ1) is 8.72. The van der Waals surface area contributed by atoms with E-state index < -0.39 is 8.11 Å². The standard InChI is InChI=1S/C13H13ClO3Si/c1-15-18(14,16-12-8-4-2-5-9-12)17-13-10-6-3-7-11-13/h2-11H,1H3. The molecule has 0 bridgehead atoms. The van der Waals surface area contributed by atoms with E-state index >= 15 is 0 Å². The van der Waals surface area contributed by atoms with E-state index in [1.165, 1.54) is 7.11 Å². The molecule has 3 nitrogen and oxygen atoms in total. The fourth-order valence-corrected chi connectivity index (χ4v) is 2.94. The molecule has 0 aromatic heterocycles. The van der Waals surface area contributed by atoms with Crippen molar-refractivity contribution in [2.24, 2.45) is 0 Å². The summed E-state index contributed by atoms with van der Waals surface area (Å²) in [5.74, 6) is 1.24. The van der Waals surface area contributed by atoms with Crippen molar-refractivity contribution in [3.8, 4) is 11.5 Å². The largest absolute Gasteiger partial charge is 0.748 e. The van der Waals surface area contributed by atoms with Crippen LogP contribution >= 0.6 is 11.1 Å². The Morgan fingerprint density at radius 2 is 1.17 bits per heavy atom. The molecule has 0 fully saturated rings. The molecule has 5 heteroatoms. The summed E-state index contributed by atoms with van der Waals surface area (Å²) < 4.78 is 16.4. The van der Waals surface area contributed by atoms with E-state index in [0.717, 1.165) is 0 Å². The van der Waals surface area contributed by atoms with Gasteiger partial charge in [0.05, 0.1) is 0 Å². The number of benzene rings is 2. The summed E-state index contributed by atoms with van der Waals surface area (Å²) in [7, 11) is -1.76. The molecular formula is C13H13ClO3Si. The Kier molecular flexibility index (Phi) is 4.25. The lowest BCUT2D eigenvalue weighted by Crippen LogP contribution is -2.45. The van der Waals surface area contributed by atoms with Crippen LogP contribution in [0.5, 0.6) is 11.5 Å². The van der Waals surface area contributed by atoms with Gasteiger partial charge in [-0.2, -0.15) is 0 Å². The van der Waals surface area contributed by atoms with Gasteiger partial charge in [-0.1, -0.05) is 36.4 Å². The maximum Gasteiger partial charge on any atom is 0.748 e. The molecule has 94 valence electrons. The summed E-state index contributed by atoms with van der Waals surface area (Å²) >= 11 is 6.26. The summed E-state index contributed by atoms with van der Waals surface area (Å²) in [6, 6.07) is 18.4. The Hall–Kier alpha value is -1.49. The van der Waals surface area contributed by atoms with Crippen LogP contribution in [-0.2, 0) is 4.43 Å². The van der Waals surface area contributed by atoms with E-state index in [-0.39, 0.29) is 0 Å². The van der Waals surface area contributed by atoms with Crippen LogP contribution in [-0.4, -0.2) is 15.2 Å². The molecule has 0 radical (unpaired) electrons. The molecule has 0 aliphatic heterocycles. The van der Waals surface area contributed by atoms with Crippen molar-refractivity contribution < 1.29 is 13.3 Å². The van der Waals surface area contributed by atoms with Crippen molar-refractivity contribution in [2.75, 3.05) is 7.11 Å². The molecule has 0 spiro atoms. The molecule has 0 saturated carbocycles. The summed E-state index contributed by atoms with van der Waals surface area (Å²) in [4.78, 5) is 0. The number of halogens is 1. The lowest BCUT2D eigenvalue weighted by Gasteiger charge is -2.22. The molecule has 0 amide bonds. The minimum atomic E-state index is -3.23. The maximum atomic E-state index is 6.26. The van der Waals surface area contributed by atoms with E-state index in [4.69, 9.17) is 24.4 Å². The Bertz CT molecular complexity index is 437. The number of hydrogen-bond acceptors (Lipinski definition) is 3. The fourth-order valence-electron chi connectivity index (χ4n) is 1.36. The average molecular weight is 281 g/mol. The number of para-hydroxylation sites is 2. The van der Waals surface area contributed by atoms with Gasteiger partial charge in [-0.15, -0.1) is 0 Å². The quantitative estimate of drug-likeness (QED) is 0.620. The van der Waals surface area contributed by atoms with Gasteiger partial charge in [0, 0.05) is 7.11 Å². The van der Waals surface area contributed by atoms with Crippen LogP contribution in [0, 0.1) is 0 Å². The minimum absolute atomic E-state index is 0.622. The molecule has 0 heterocycles. The first-order valence-corrected chi connectivity index (χ1v) is 8.18. The van der Waals surface area contributed by atoms with Gasteiger partial charge in [0.2, 0.25) is 0 Å². The van der Waals surface area contributed by atoms with Crippen LogP contribution < -0.4 is 8.85 Å². The molecule has 0 N–H and O–H groups in total. The van der Waals surface area contributed by atoms with Crippen LogP contribution in [0.2, 0.25) is 0 Å². The Labute approximate surface area is 112 Å². The third-order valence-electron chi connectivity index (χ3n) is 2.21. The van der Waals surface area contributed by atoms with Crippen molar-refractivity contribution in [1.29, 1.82) is 0 Å². The van der Waals surface area contributed by atoms with Crippen molar-refractivity contribution in [3.05, 3.63) is 60.7 Å². The molecular weight excluding hydrogens is 268 g/mol. The summed E-state index contributed by atoms with van der Waals surface area (Å²) in [6.07, 6.45) is 0. The van der Waals surface area contributed by atoms with Gasteiger partial charge in [-0.05, 0) is 35.3 Å². The van der Waals surface area contributed by atoms with E-state index in [1.54, 1.807) is 24.3 Å². The number of hydrogen-bond donors (Lipinski definition) is 0. The van der Waals surface area contributed by atoms with Crippen molar-refractivity contribution >= 4 is 19.2 Å². The molecule has 0 saturated heterocycles. The lowest BCUT2D eigenvalue weighted by atomic mass is 10.3. The molecule has 2 aromatic rings. The first kappa shape index (κ1) is 13.0. The van der Waals surface area contributed by atoms with Crippen molar-refractivity contribution in [1.82, 2.24) is 0 Å². The summed E-state index contributed by atoms with van der Waals surface area (Å²) in [5, 5.41) is 0. The van der Waals surface area contributed by atoms with Crippen molar-refractivity contribution in [2.45, 2.75) is 0 Å². The van der Waals surface area contributed by atoms with Crippen LogP contribution in [0.25, 0.3) is 0 Å². The van der Waals surface area contributed by atoms with Gasteiger partial charge >= 0.3 is 8.11 Å². The number of rotatable bonds is 5. The van der Waals surface area contributed by atoms with Crippen molar-refractivity contribution in [3.63, 3.8) is 0 Å². The van der Waals surface area contributed by atoms with E-state index in [9.17, 15) is 0 Å². The van der Waals surface area contributed by atoms with E-state index in [2.05, 4.69) is 0 Å². The van der Waals surface area contributed by atoms with E-state index in [0.29, 0.717) is 11.5 Å². The predicted molar refractivity (Wildman–Crippen MR) is 72.8 cm³/mol. The zero-order chi connectivity index (χ0) is 12.8. The first-order valence-electron chi connectivity index (χ1n) is 5.44. The highest BCUT2D eigenvalue weighted by Crippen LogP contribution is 2.22. The molecule has 2 aromatic carbocycles. The van der Waals surface area contributed by atoms with Crippen LogP contribution in [0.15, 0.2) is 60.7 Å². The second-order valence-corrected chi connectivity index (χ2v) is 6.68. The third-order valence-corrected chi connectivity index (χ3v) is 4.58. The SMILES string of the molecule is CO[Si](Cl)(Oc1ccccc1)Oc1ccccc1. The summed E-state index contributed by atoms with van der Waals surface area (Å²) in [6.45, 7) is 0. The Morgan fingerprint density at radius 1 is 0.778 bits per heavy atom. The summed E-state index contributed by atoms with van der Waals surface area (Å²) in [5.41, 5.74) is 0. The van der Waals surface area contributed by atoms with E-state index in [1.807, 2.05) is 36.4 Å². The average Bonchev–Trinajstić information content (AvgIpc) is 2.41.